The van der Waals surface area contributed by atoms with Crippen LogP contribution in [0.25, 0.3) is 0 Å². The van der Waals surface area contributed by atoms with Gasteiger partial charge in [0, 0.05) is 30.8 Å². The number of hydrogen-bond donors (Lipinski definition) is 3. The van der Waals surface area contributed by atoms with Crippen molar-refractivity contribution >= 4 is 44.8 Å². The first-order valence-electron chi connectivity index (χ1n) is 10.2. The number of fused-ring (bicyclic) bond motifs is 1. The molecule has 3 N–H and O–H groups in total. The molecule has 0 bridgehead atoms. The molecule has 2 aromatic heterocycles. The normalized spacial score (nSPS) is 13.2. The van der Waals surface area contributed by atoms with Gasteiger partial charge in [-0.1, -0.05) is 0 Å². The monoisotopic (exact) mass is 507 g/mol. The van der Waals surface area contributed by atoms with E-state index in [1.165, 1.54) is 25.4 Å². The molecule has 1 aliphatic heterocycles. The molecule has 0 fully saturated rings. The van der Waals surface area contributed by atoms with Crippen LogP contribution in [-0.4, -0.2) is 42.6 Å². The van der Waals surface area contributed by atoms with E-state index in [0.717, 1.165) is 16.1 Å². The summed E-state index contributed by atoms with van der Waals surface area (Å²) < 4.78 is 65.6. The third-order valence-electron chi connectivity index (χ3n) is 5.21. The predicted molar refractivity (Wildman–Crippen MR) is 124 cm³/mol. The van der Waals surface area contributed by atoms with Crippen molar-refractivity contribution in [1.29, 1.82) is 0 Å². The van der Waals surface area contributed by atoms with E-state index in [9.17, 15) is 26.4 Å². The van der Waals surface area contributed by atoms with Crippen LogP contribution in [0.3, 0.4) is 0 Å². The standard InChI is InChI=1S/C21H20F3N7O3S/c1-31(35(2,33)34)17-4-3-7-25-16(17)11-26-19-14(21(22,23)24)10-27-20(30-19)28-13-5-6-15-12(8-13)9-18(32)29-15/h3-8,10H,9,11H2,1-2H3,(H,29,32)(H2,26,27,28,30). The van der Waals surface area contributed by atoms with Crippen LogP contribution in [0.15, 0.2) is 42.7 Å². The van der Waals surface area contributed by atoms with Crippen molar-refractivity contribution in [2.45, 2.75) is 19.1 Å². The lowest BCUT2D eigenvalue weighted by Gasteiger charge is -2.20. The van der Waals surface area contributed by atoms with Crippen molar-refractivity contribution in [3.05, 3.63) is 59.5 Å². The average Bonchev–Trinajstić information content (AvgIpc) is 3.15. The number of alkyl halides is 3. The number of anilines is 5. The zero-order chi connectivity index (χ0) is 25.4. The fraction of sp³-hybridized carbons (Fsp3) is 0.238. The molecule has 1 amide bonds. The highest BCUT2D eigenvalue weighted by Gasteiger charge is 2.35. The largest absolute Gasteiger partial charge is 0.421 e. The van der Waals surface area contributed by atoms with Gasteiger partial charge in [0.05, 0.1) is 30.6 Å². The van der Waals surface area contributed by atoms with Gasteiger partial charge in [-0.2, -0.15) is 18.2 Å². The maximum absolute atomic E-state index is 13.6. The fourth-order valence-electron chi connectivity index (χ4n) is 3.42. The van der Waals surface area contributed by atoms with E-state index in [-0.39, 0.29) is 36.2 Å². The van der Waals surface area contributed by atoms with Crippen molar-refractivity contribution in [3.8, 4) is 0 Å². The van der Waals surface area contributed by atoms with Gasteiger partial charge in [-0.05, 0) is 35.9 Å². The summed E-state index contributed by atoms with van der Waals surface area (Å²) in [6, 6.07) is 8.01. The van der Waals surface area contributed by atoms with Gasteiger partial charge in [-0.3, -0.25) is 14.1 Å². The van der Waals surface area contributed by atoms with E-state index in [2.05, 4.69) is 30.9 Å². The summed E-state index contributed by atoms with van der Waals surface area (Å²) in [5, 5.41) is 8.15. The molecule has 10 nitrogen and oxygen atoms in total. The maximum Gasteiger partial charge on any atom is 0.421 e. The van der Waals surface area contributed by atoms with Crippen LogP contribution in [0.4, 0.5) is 42.0 Å². The minimum absolute atomic E-state index is 0.104. The van der Waals surface area contributed by atoms with Crippen molar-refractivity contribution in [3.63, 3.8) is 0 Å². The van der Waals surface area contributed by atoms with Crippen LogP contribution in [0.1, 0.15) is 16.8 Å². The van der Waals surface area contributed by atoms with Gasteiger partial charge in [0.2, 0.25) is 21.9 Å². The van der Waals surface area contributed by atoms with E-state index in [0.29, 0.717) is 17.6 Å². The van der Waals surface area contributed by atoms with E-state index in [1.807, 2.05) is 0 Å². The molecule has 0 spiro atoms. The van der Waals surface area contributed by atoms with Crippen LogP contribution in [0.5, 0.6) is 0 Å². The highest BCUT2D eigenvalue weighted by atomic mass is 32.2. The molecular formula is C21H20F3N7O3S. The van der Waals surface area contributed by atoms with Crippen molar-refractivity contribution < 1.29 is 26.4 Å². The molecule has 0 unspecified atom stereocenters. The fourth-order valence-corrected chi connectivity index (χ4v) is 3.94. The zero-order valence-corrected chi connectivity index (χ0v) is 19.3. The average molecular weight is 507 g/mol. The number of rotatable bonds is 7. The highest BCUT2D eigenvalue weighted by molar-refractivity contribution is 7.92. The van der Waals surface area contributed by atoms with Gasteiger partial charge >= 0.3 is 6.18 Å². The minimum Gasteiger partial charge on any atom is -0.364 e. The molecule has 35 heavy (non-hydrogen) atoms. The molecule has 184 valence electrons. The molecule has 4 rings (SSSR count). The summed E-state index contributed by atoms with van der Waals surface area (Å²) in [6.07, 6.45) is -1.48. The molecule has 3 aromatic rings. The zero-order valence-electron chi connectivity index (χ0n) is 18.5. The Bertz CT molecular complexity index is 1400. The van der Waals surface area contributed by atoms with Crippen LogP contribution in [0, 0.1) is 0 Å². The van der Waals surface area contributed by atoms with Crippen molar-refractivity contribution in [2.75, 3.05) is 33.6 Å². The summed E-state index contributed by atoms with van der Waals surface area (Å²) in [6.45, 7) is -0.234. The first-order chi connectivity index (χ1) is 16.4. The summed E-state index contributed by atoms with van der Waals surface area (Å²) in [4.78, 5) is 23.4. The molecule has 0 atom stereocenters. The molecule has 0 radical (unpaired) electrons. The summed E-state index contributed by atoms with van der Waals surface area (Å²) in [5.41, 5.74) is 1.22. The Kier molecular flexibility index (Phi) is 6.23. The van der Waals surface area contributed by atoms with Gasteiger partial charge in [0.1, 0.15) is 11.4 Å². The maximum atomic E-state index is 13.6. The number of benzene rings is 1. The number of nitrogens with zero attached hydrogens (tertiary/aromatic N) is 4. The quantitative estimate of drug-likeness (QED) is 0.445. The third kappa shape index (κ3) is 5.42. The first-order valence-corrected chi connectivity index (χ1v) is 12.0. The Morgan fingerprint density at radius 3 is 2.69 bits per heavy atom. The molecular weight excluding hydrogens is 487 g/mol. The van der Waals surface area contributed by atoms with Gasteiger partial charge in [0.25, 0.3) is 0 Å². The summed E-state index contributed by atoms with van der Waals surface area (Å²) >= 11 is 0. The lowest BCUT2D eigenvalue weighted by atomic mass is 10.1. The number of pyridine rings is 1. The molecule has 0 aliphatic carbocycles. The number of sulfonamides is 1. The van der Waals surface area contributed by atoms with Gasteiger partial charge in [-0.15, -0.1) is 0 Å². The van der Waals surface area contributed by atoms with Crippen molar-refractivity contribution in [1.82, 2.24) is 15.0 Å². The second kappa shape index (κ2) is 9.02. The molecule has 0 saturated carbocycles. The van der Waals surface area contributed by atoms with Gasteiger partial charge in [0.15, 0.2) is 0 Å². The van der Waals surface area contributed by atoms with Crippen molar-refractivity contribution in [2.24, 2.45) is 0 Å². The Morgan fingerprint density at radius 1 is 1.20 bits per heavy atom. The van der Waals surface area contributed by atoms with E-state index in [1.54, 1.807) is 18.2 Å². The first kappa shape index (κ1) is 24.2. The number of aromatic nitrogens is 3. The Morgan fingerprint density at radius 2 is 1.97 bits per heavy atom. The number of amides is 1. The minimum atomic E-state index is -4.74. The number of carbonyl (C=O) groups excluding carboxylic acids is 1. The number of carbonyl (C=O) groups is 1. The lowest BCUT2D eigenvalue weighted by Crippen LogP contribution is -2.26. The topological polar surface area (TPSA) is 129 Å². The van der Waals surface area contributed by atoms with Crippen LogP contribution >= 0.6 is 0 Å². The Hall–Kier alpha value is -3.94. The van der Waals surface area contributed by atoms with Gasteiger partial charge < -0.3 is 16.0 Å². The number of hydrogen-bond acceptors (Lipinski definition) is 8. The molecule has 1 aromatic carbocycles. The van der Waals surface area contributed by atoms with Gasteiger partial charge in [-0.25, -0.2) is 13.4 Å². The molecule has 1 aliphatic rings. The second-order valence-electron chi connectivity index (χ2n) is 7.73. The van der Waals surface area contributed by atoms with E-state index < -0.39 is 27.6 Å². The molecule has 3 heterocycles. The second-order valence-corrected chi connectivity index (χ2v) is 9.74. The van der Waals surface area contributed by atoms with Crippen LogP contribution in [-0.2, 0) is 34.0 Å². The molecule has 0 saturated heterocycles. The predicted octanol–water partition coefficient (Wildman–Crippen LogP) is 3.14. The van der Waals surface area contributed by atoms with E-state index in [4.69, 9.17) is 0 Å². The Balaban J connectivity index is 1.61. The highest BCUT2D eigenvalue weighted by Crippen LogP contribution is 2.35. The van der Waals surface area contributed by atoms with Crippen LogP contribution < -0.4 is 20.3 Å². The third-order valence-corrected chi connectivity index (χ3v) is 6.40. The Labute approximate surface area is 198 Å². The van der Waals surface area contributed by atoms with E-state index >= 15 is 0 Å². The lowest BCUT2D eigenvalue weighted by molar-refractivity contribution is -0.137. The van der Waals surface area contributed by atoms with Crippen LogP contribution in [0.2, 0.25) is 0 Å². The smallest absolute Gasteiger partial charge is 0.364 e. The SMILES string of the molecule is CN(c1cccnc1CNc1nc(Nc2ccc3c(c2)CC(=O)N3)ncc1C(F)(F)F)S(C)(=O)=O. The molecule has 14 heteroatoms. The summed E-state index contributed by atoms with van der Waals surface area (Å²) in [7, 11) is -2.29. The number of nitrogens with one attached hydrogen (secondary N) is 3. The number of halogens is 3. The summed E-state index contributed by atoms with van der Waals surface area (Å²) in [5.74, 6) is -0.760.